The van der Waals surface area contributed by atoms with Crippen molar-refractivity contribution in [3.63, 3.8) is 0 Å². The van der Waals surface area contributed by atoms with E-state index in [1.54, 1.807) is 6.07 Å². The van der Waals surface area contributed by atoms with Crippen molar-refractivity contribution < 1.29 is 9.59 Å². The number of carbonyl (C=O) groups excluding carboxylic acids is 2. The molecule has 1 N–H and O–H groups in total. The lowest BCUT2D eigenvalue weighted by Gasteiger charge is -2.06. The van der Waals surface area contributed by atoms with E-state index in [2.05, 4.69) is 19.2 Å². The van der Waals surface area contributed by atoms with Crippen LogP contribution in [0.5, 0.6) is 0 Å². The zero-order valence-electron chi connectivity index (χ0n) is 9.54. The minimum absolute atomic E-state index is 0.426. The van der Waals surface area contributed by atoms with Crippen molar-refractivity contribution in [2.45, 2.75) is 26.7 Å². The molecule has 3 nitrogen and oxygen atoms in total. The maximum atomic E-state index is 11.4. The fraction of sp³-hybridized carbons (Fsp3) is 0.385. The molecule has 3 heteroatoms. The first-order chi connectivity index (χ1) is 7.58. The lowest BCUT2D eigenvalue weighted by atomic mass is 10.0. The number of hydrogen-bond acceptors (Lipinski definition) is 2. The van der Waals surface area contributed by atoms with Gasteiger partial charge in [0.15, 0.2) is 0 Å². The number of carbonyl (C=O) groups is 2. The van der Waals surface area contributed by atoms with Gasteiger partial charge in [-0.1, -0.05) is 19.9 Å². The van der Waals surface area contributed by atoms with Crippen LogP contribution in [0.15, 0.2) is 18.2 Å². The summed E-state index contributed by atoms with van der Waals surface area (Å²) < 4.78 is 0. The Morgan fingerprint density at radius 1 is 1.25 bits per heavy atom. The van der Waals surface area contributed by atoms with Crippen LogP contribution < -0.4 is 5.32 Å². The third kappa shape index (κ3) is 1.98. The maximum Gasteiger partial charge on any atom is 0.296 e. The minimum atomic E-state index is -0.518. The van der Waals surface area contributed by atoms with Gasteiger partial charge in [0.05, 0.1) is 11.3 Å². The lowest BCUT2D eigenvalue weighted by molar-refractivity contribution is -0.112. The van der Waals surface area contributed by atoms with Gasteiger partial charge in [-0.2, -0.15) is 0 Å². The molecule has 0 aromatic heterocycles. The van der Waals surface area contributed by atoms with Crippen molar-refractivity contribution in [1.29, 1.82) is 0 Å². The van der Waals surface area contributed by atoms with Crippen LogP contribution in [0, 0.1) is 5.92 Å². The van der Waals surface area contributed by atoms with Crippen LogP contribution >= 0.6 is 0 Å². The fourth-order valence-corrected chi connectivity index (χ4v) is 1.81. The van der Waals surface area contributed by atoms with Crippen molar-refractivity contribution in [2.24, 2.45) is 5.92 Å². The fourth-order valence-electron chi connectivity index (χ4n) is 1.81. The predicted octanol–water partition coefficient (Wildman–Crippen LogP) is 2.41. The van der Waals surface area contributed by atoms with Gasteiger partial charge < -0.3 is 5.32 Å². The van der Waals surface area contributed by atoms with Crippen molar-refractivity contribution in [3.05, 3.63) is 29.3 Å². The smallest absolute Gasteiger partial charge is 0.296 e. The molecule has 2 rings (SSSR count). The van der Waals surface area contributed by atoms with Crippen LogP contribution in [0.25, 0.3) is 0 Å². The summed E-state index contributed by atoms with van der Waals surface area (Å²) in [4.78, 5) is 22.5. The maximum absolute atomic E-state index is 11.4. The number of benzene rings is 1. The Bertz CT molecular complexity index is 449. The van der Waals surface area contributed by atoms with Gasteiger partial charge in [-0.25, -0.2) is 0 Å². The first-order valence-electron chi connectivity index (χ1n) is 5.56. The topological polar surface area (TPSA) is 46.2 Å². The Kier molecular flexibility index (Phi) is 2.77. The number of rotatable bonds is 3. The number of anilines is 1. The molecule has 0 atom stereocenters. The highest BCUT2D eigenvalue weighted by atomic mass is 16.2. The summed E-state index contributed by atoms with van der Waals surface area (Å²) in [6.45, 7) is 4.36. The van der Waals surface area contributed by atoms with E-state index in [1.807, 2.05) is 12.1 Å². The van der Waals surface area contributed by atoms with Gasteiger partial charge >= 0.3 is 0 Å². The van der Waals surface area contributed by atoms with E-state index in [0.29, 0.717) is 17.2 Å². The quantitative estimate of drug-likeness (QED) is 0.790. The molecule has 0 saturated carbocycles. The Labute approximate surface area is 94.9 Å². The highest BCUT2D eigenvalue weighted by Gasteiger charge is 2.27. The van der Waals surface area contributed by atoms with E-state index in [0.717, 1.165) is 12.8 Å². The van der Waals surface area contributed by atoms with E-state index in [-0.39, 0.29) is 0 Å². The molecule has 0 unspecified atom stereocenters. The number of aryl methyl sites for hydroxylation is 1. The largest absolute Gasteiger partial charge is 0.318 e. The molecule has 84 valence electrons. The van der Waals surface area contributed by atoms with Crippen molar-refractivity contribution in [1.82, 2.24) is 0 Å². The molecule has 0 bridgehead atoms. The third-order valence-electron chi connectivity index (χ3n) is 2.79. The van der Waals surface area contributed by atoms with E-state index in [4.69, 9.17) is 0 Å². The van der Waals surface area contributed by atoms with Crippen molar-refractivity contribution >= 4 is 17.4 Å². The molecule has 0 radical (unpaired) electrons. The third-order valence-corrected chi connectivity index (χ3v) is 2.79. The van der Waals surface area contributed by atoms with Gasteiger partial charge in [0.1, 0.15) is 0 Å². The van der Waals surface area contributed by atoms with Crippen molar-refractivity contribution in [2.75, 3.05) is 5.32 Å². The lowest BCUT2D eigenvalue weighted by Crippen LogP contribution is -2.12. The number of ketones is 1. The Balaban J connectivity index is 2.19. The van der Waals surface area contributed by atoms with Crippen LogP contribution in [-0.4, -0.2) is 11.7 Å². The van der Waals surface area contributed by atoms with E-state index in [1.165, 1.54) is 5.56 Å². The average molecular weight is 217 g/mol. The summed E-state index contributed by atoms with van der Waals surface area (Å²) in [6.07, 6.45) is 2.09. The molecule has 0 saturated heterocycles. The molecular formula is C13H15NO2. The molecule has 1 heterocycles. The predicted molar refractivity (Wildman–Crippen MR) is 62.6 cm³/mol. The highest BCUT2D eigenvalue weighted by molar-refractivity contribution is 6.51. The second-order valence-electron chi connectivity index (χ2n) is 4.60. The summed E-state index contributed by atoms with van der Waals surface area (Å²) in [6, 6.07) is 5.57. The van der Waals surface area contributed by atoms with E-state index >= 15 is 0 Å². The average Bonchev–Trinajstić information content (AvgIpc) is 2.52. The number of nitrogens with one attached hydrogen (secondary N) is 1. The SMILES string of the molecule is CC(C)CCc1ccc2c(c1)NC(=O)C2=O. The second-order valence-corrected chi connectivity index (χ2v) is 4.60. The number of Topliss-reactive ketones (excluding diaryl/α,β-unsaturated/α-hetero) is 1. The molecule has 16 heavy (non-hydrogen) atoms. The number of hydrogen-bond donors (Lipinski definition) is 1. The summed E-state index contributed by atoms with van der Waals surface area (Å²) >= 11 is 0. The first-order valence-corrected chi connectivity index (χ1v) is 5.56. The van der Waals surface area contributed by atoms with Gasteiger partial charge in [0, 0.05) is 0 Å². The Morgan fingerprint density at radius 3 is 2.69 bits per heavy atom. The second kappa shape index (κ2) is 4.08. The zero-order chi connectivity index (χ0) is 11.7. The summed E-state index contributed by atoms with van der Waals surface area (Å²) in [5, 5.41) is 2.59. The zero-order valence-corrected chi connectivity index (χ0v) is 9.54. The molecule has 0 aliphatic carbocycles. The van der Waals surface area contributed by atoms with Crippen LogP contribution in [0.2, 0.25) is 0 Å². The van der Waals surface area contributed by atoms with Gasteiger partial charge in [-0.3, -0.25) is 9.59 Å². The molecule has 1 aliphatic rings. The van der Waals surface area contributed by atoms with Crippen molar-refractivity contribution in [3.8, 4) is 0 Å². The van der Waals surface area contributed by atoms with Crippen LogP contribution in [0.3, 0.4) is 0 Å². The highest BCUT2D eigenvalue weighted by Crippen LogP contribution is 2.25. The minimum Gasteiger partial charge on any atom is -0.318 e. The first kappa shape index (κ1) is 10.9. The van der Waals surface area contributed by atoms with Gasteiger partial charge in [0.25, 0.3) is 11.7 Å². The molecular weight excluding hydrogens is 202 g/mol. The molecule has 1 aromatic rings. The van der Waals surface area contributed by atoms with Crippen LogP contribution in [-0.2, 0) is 11.2 Å². The monoisotopic (exact) mass is 217 g/mol. The Hall–Kier alpha value is -1.64. The molecule has 0 spiro atoms. The van der Waals surface area contributed by atoms with E-state index < -0.39 is 11.7 Å². The summed E-state index contributed by atoms with van der Waals surface area (Å²) in [5.74, 6) is -0.286. The van der Waals surface area contributed by atoms with Crippen LogP contribution in [0.1, 0.15) is 36.2 Å². The summed E-state index contributed by atoms with van der Waals surface area (Å²) in [7, 11) is 0. The van der Waals surface area contributed by atoms with Gasteiger partial charge in [0.2, 0.25) is 0 Å². The number of amides is 1. The van der Waals surface area contributed by atoms with E-state index in [9.17, 15) is 9.59 Å². The van der Waals surface area contributed by atoms with Gasteiger partial charge in [-0.15, -0.1) is 0 Å². The standard InChI is InChI=1S/C13H15NO2/c1-8(2)3-4-9-5-6-10-11(7-9)14-13(16)12(10)15/h5-8H,3-4H2,1-2H3,(H,14,15,16). The molecule has 1 aromatic carbocycles. The molecule has 0 fully saturated rings. The normalized spacial score (nSPS) is 14.2. The molecule has 1 amide bonds. The number of fused-ring (bicyclic) bond motifs is 1. The summed E-state index contributed by atoms with van der Waals surface area (Å²) in [5.41, 5.74) is 2.33. The Morgan fingerprint density at radius 2 is 2.00 bits per heavy atom. The van der Waals surface area contributed by atoms with Crippen LogP contribution in [0.4, 0.5) is 5.69 Å². The van der Waals surface area contributed by atoms with Gasteiger partial charge in [-0.05, 0) is 36.5 Å². The molecule has 1 aliphatic heterocycles.